The number of hydrogen-bond donors (Lipinski definition) is 5. The Morgan fingerprint density at radius 3 is 2.76 bits per heavy atom. The number of aliphatic hydroxyl groups excluding tert-OH is 2. The van der Waals surface area contributed by atoms with E-state index in [1.54, 1.807) is 32.0 Å². The summed E-state index contributed by atoms with van der Waals surface area (Å²) >= 11 is 0. The maximum absolute atomic E-state index is 12.3. The van der Waals surface area contributed by atoms with Crippen molar-refractivity contribution in [2.45, 2.75) is 43.8 Å². The monoisotopic (exact) mass is 546 g/mol. The molecule has 0 bridgehead atoms. The first-order chi connectivity index (χ1) is 18.1. The fourth-order valence-corrected chi connectivity index (χ4v) is 5.24. The van der Waals surface area contributed by atoms with Crippen LogP contribution in [0.4, 0.5) is 5.82 Å². The van der Waals surface area contributed by atoms with E-state index in [1.807, 2.05) is 6.07 Å². The largest absolute Gasteiger partial charge is 0.491 e. The SMILES string of the molecule is CC(C)C(N[PH](=O)Oc1cccc(OC[C@H]2O[C@@](C#N)(c3ccc4c(N)ncnn34)[C@H](O)[C@@H]2O)c1)C(=O)O. The van der Waals surface area contributed by atoms with Gasteiger partial charge in [0.2, 0.25) is 5.60 Å². The summed E-state index contributed by atoms with van der Waals surface area (Å²) < 4.78 is 30.6. The number of ether oxygens (including phenoxy) is 2. The van der Waals surface area contributed by atoms with Crippen molar-refractivity contribution in [3.63, 3.8) is 0 Å². The lowest BCUT2D eigenvalue weighted by Gasteiger charge is -2.24. The molecule has 6 N–H and O–H groups in total. The molecule has 4 rings (SSSR count). The lowest BCUT2D eigenvalue weighted by molar-refractivity contribution is -0.140. The lowest BCUT2D eigenvalue weighted by Crippen LogP contribution is -2.41. The van der Waals surface area contributed by atoms with Crippen LogP contribution in [0.25, 0.3) is 5.52 Å². The number of nitrogens with two attached hydrogens (primary N) is 1. The smallest absolute Gasteiger partial charge is 0.321 e. The van der Waals surface area contributed by atoms with E-state index in [9.17, 15) is 29.9 Å². The number of carboxylic acids is 1. The van der Waals surface area contributed by atoms with Crippen LogP contribution < -0.4 is 20.1 Å². The van der Waals surface area contributed by atoms with Crippen molar-refractivity contribution in [2.75, 3.05) is 12.3 Å². The Morgan fingerprint density at radius 2 is 2.08 bits per heavy atom. The topological polar surface area (TPSA) is 215 Å². The Morgan fingerprint density at radius 1 is 1.34 bits per heavy atom. The molecule has 1 fully saturated rings. The molecule has 3 aromatic rings. The first-order valence-corrected chi connectivity index (χ1v) is 12.9. The minimum absolute atomic E-state index is 0.156. The number of nitrogens with zero attached hydrogens (tertiary/aromatic N) is 4. The van der Waals surface area contributed by atoms with Crippen LogP contribution in [-0.4, -0.2) is 66.8 Å². The molecule has 3 heterocycles. The molecule has 0 saturated carbocycles. The van der Waals surface area contributed by atoms with Crippen LogP contribution in [0.2, 0.25) is 0 Å². The molecule has 1 aliphatic heterocycles. The Balaban J connectivity index is 1.45. The highest BCUT2D eigenvalue weighted by Gasteiger charge is 2.57. The third-order valence-electron chi connectivity index (χ3n) is 6.12. The van der Waals surface area contributed by atoms with Crippen molar-refractivity contribution in [3.05, 3.63) is 48.4 Å². The molecule has 0 radical (unpaired) electrons. The van der Waals surface area contributed by atoms with E-state index in [0.29, 0.717) is 5.52 Å². The number of carbonyl (C=O) groups is 1. The summed E-state index contributed by atoms with van der Waals surface area (Å²) in [7, 11) is -2.95. The predicted octanol–water partition coefficient (Wildman–Crippen LogP) is 0.697. The number of rotatable bonds is 10. The molecule has 38 heavy (non-hydrogen) atoms. The minimum Gasteiger partial charge on any atom is -0.491 e. The molecule has 15 heteroatoms. The number of carboxylic acid groups (broad SMARTS) is 1. The number of benzene rings is 1. The normalized spacial score (nSPS) is 24.7. The van der Waals surface area contributed by atoms with Crippen molar-refractivity contribution < 1.29 is 38.7 Å². The lowest BCUT2D eigenvalue weighted by atomic mass is 9.92. The summed E-state index contributed by atoms with van der Waals surface area (Å²) in [6.07, 6.45) is -3.03. The van der Waals surface area contributed by atoms with Crippen molar-refractivity contribution in [1.82, 2.24) is 19.7 Å². The molecule has 202 valence electrons. The first kappa shape index (κ1) is 27.3. The predicted molar refractivity (Wildman–Crippen MR) is 133 cm³/mol. The number of nitrogens with one attached hydrogen (secondary N) is 1. The fraction of sp³-hybridized carbons (Fsp3) is 0.391. The zero-order chi connectivity index (χ0) is 27.6. The fourth-order valence-electron chi connectivity index (χ4n) is 4.13. The summed E-state index contributed by atoms with van der Waals surface area (Å²) in [5, 5.41) is 47.3. The van der Waals surface area contributed by atoms with Gasteiger partial charge in [-0.3, -0.25) is 9.36 Å². The molecule has 0 amide bonds. The quantitative estimate of drug-likeness (QED) is 0.222. The molecular weight excluding hydrogens is 519 g/mol. The van der Waals surface area contributed by atoms with E-state index in [4.69, 9.17) is 19.7 Å². The van der Waals surface area contributed by atoms with Gasteiger partial charge in [-0.05, 0) is 30.2 Å². The van der Waals surface area contributed by atoms with Crippen molar-refractivity contribution in [2.24, 2.45) is 5.92 Å². The van der Waals surface area contributed by atoms with Gasteiger partial charge in [0, 0.05) is 6.07 Å². The Labute approximate surface area is 217 Å². The van der Waals surface area contributed by atoms with Crippen molar-refractivity contribution in [3.8, 4) is 17.6 Å². The molecule has 2 aromatic heterocycles. The van der Waals surface area contributed by atoms with E-state index in [2.05, 4.69) is 15.2 Å². The molecular formula is C23H27N6O8P. The second kappa shape index (κ2) is 10.9. The van der Waals surface area contributed by atoms with Crippen LogP contribution in [0.15, 0.2) is 42.7 Å². The van der Waals surface area contributed by atoms with E-state index >= 15 is 0 Å². The van der Waals surface area contributed by atoms with Gasteiger partial charge < -0.3 is 35.1 Å². The highest BCUT2D eigenvalue weighted by Crippen LogP contribution is 2.40. The molecule has 1 aromatic carbocycles. The van der Waals surface area contributed by atoms with E-state index in [1.165, 1.54) is 29.0 Å². The van der Waals surface area contributed by atoms with Gasteiger partial charge in [0.1, 0.15) is 60.4 Å². The average Bonchev–Trinajstić information content (AvgIpc) is 3.42. The number of fused-ring (bicyclic) bond motifs is 1. The number of nitriles is 1. The zero-order valence-corrected chi connectivity index (χ0v) is 21.4. The van der Waals surface area contributed by atoms with Crippen LogP contribution in [0.3, 0.4) is 0 Å². The van der Waals surface area contributed by atoms with E-state index < -0.39 is 44.1 Å². The highest BCUT2D eigenvalue weighted by atomic mass is 31.1. The third-order valence-corrected chi connectivity index (χ3v) is 7.09. The third kappa shape index (κ3) is 5.15. The average molecular weight is 546 g/mol. The molecule has 6 atom stereocenters. The molecule has 14 nitrogen and oxygen atoms in total. The van der Waals surface area contributed by atoms with E-state index in [-0.39, 0.29) is 35.5 Å². The maximum Gasteiger partial charge on any atom is 0.321 e. The zero-order valence-electron chi connectivity index (χ0n) is 20.4. The van der Waals surface area contributed by atoms with Gasteiger partial charge in [0.15, 0.2) is 5.82 Å². The van der Waals surface area contributed by atoms with Gasteiger partial charge in [-0.15, -0.1) is 0 Å². The van der Waals surface area contributed by atoms with Crippen LogP contribution in [0, 0.1) is 17.2 Å². The summed E-state index contributed by atoms with van der Waals surface area (Å²) in [5.41, 5.74) is 4.46. The van der Waals surface area contributed by atoms with Crippen LogP contribution >= 0.6 is 8.18 Å². The second-order valence-electron chi connectivity index (χ2n) is 8.98. The van der Waals surface area contributed by atoms with E-state index in [0.717, 1.165) is 0 Å². The highest BCUT2D eigenvalue weighted by molar-refractivity contribution is 7.37. The summed E-state index contributed by atoms with van der Waals surface area (Å²) in [4.78, 5) is 15.2. The van der Waals surface area contributed by atoms with Crippen LogP contribution in [0.5, 0.6) is 11.5 Å². The minimum atomic E-state index is -2.95. The van der Waals surface area contributed by atoms with Gasteiger partial charge in [-0.2, -0.15) is 10.4 Å². The van der Waals surface area contributed by atoms with Crippen LogP contribution in [-0.2, 0) is 19.7 Å². The molecule has 1 saturated heterocycles. The van der Waals surface area contributed by atoms with Crippen molar-refractivity contribution >= 4 is 25.5 Å². The first-order valence-electron chi connectivity index (χ1n) is 11.5. The number of aliphatic carboxylic acids is 1. The summed E-state index contributed by atoms with van der Waals surface area (Å²) in [6, 6.07) is 10.1. The number of anilines is 1. The van der Waals surface area contributed by atoms with Gasteiger partial charge in [-0.1, -0.05) is 19.9 Å². The van der Waals surface area contributed by atoms with Gasteiger partial charge in [-0.25, -0.2) is 14.6 Å². The molecule has 1 aliphatic rings. The number of aromatic nitrogens is 3. The Bertz CT molecular complexity index is 1390. The maximum atomic E-state index is 12.3. The summed E-state index contributed by atoms with van der Waals surface area (Å²) in [5.74, 6) is -0.890. The molecule has 0 aliphatic carbocycles. The standard InChI is InChI=1S/C23H27N6O8P/c1-12(2)18(22(32)33)28-38(34)37-14-5-3-4-13(8-14)35-9-16-19(30)20(31)23(10-24,36-16)17-7-6-15-21(25)26-11-27-29(15)17/h3-8,11-12,16,18-20,30-31,38H,9H2,1-2H3,(H,28,34)(H,32,33)(H2,25,26,27)/t16-,18?,19-,20-,23+/m1/s1. The number of aliphatic hydroxyl groups is 2. The van der Waals surface area contributed by atoms with Crippen LogP contribution in [0.1, 0.15) is 19.5 Å². The molecule has 2 unspecified atom stereocenters. The Kier molecular flexibility index (Phi) is 7.86. The number of nitrogen functional groups attached to an aromatic ring is 1. The van der Waals surface area contributed by atoms with Gasteiger partial charge in [0.05, 0.1) is 5.69 Å². The van der Waals surface area contributed by atoms with Crippen molar-refractivity contribution in [1.29, 1.82) is 5.26 Å². The number of hydrogen-bond acceptors (Lipinski definition) is 11. The van der Waals surface area contributed by atoms with Gasteiger partial charge >= 0.3 is 14.1 Å². The second-order valence-corrected chi connectivity index (χ2v) is 10.0. The Hall–Kier alpha value is -3.73. The summed E-state index contributed by atoms with van der Waals surface area (Å²) in [6.45, 7) is 3.09. The van der Waals surface area contributed by atoms with Gasteiger partial charge in [0.25, 0.3) is 0 Å². The molecule has 0 spiro atoms.